The number of rotatable bonds is 3. The molecule has 2 heterocycles. The molecular formula is C14H22N2OS2. The molecule has 1 aromatic rings. The lowest BCUT2D eigenvalue weighted by molar-refractivity contribution is 0.102. The molecule has 2 N–H and O–H groups in total. The first-order valence-corrected chi connectivity index (χ1v) is 8.72. The van der Waals surface area contributed by atoms with E-state index >= 15 is 0 Å². The van der Waals surface area contributed by atoms with Crippen molar-refractivity contribution in [3.05, 3.63) is 4.88 Å². The number of carbonyl (C=O) groups excluding carboxylic acids is 1. The van der Waals surface area contributed by atoms with Crippen LogP contribution in [0, 0.1) is 11.8 Å². The van der Waals surface area contributed by atoms with Crippen molar-refractivity contribution < 1.29 is 4.79 Å². The second kappa shape index (κ2) is 5.75. The molecule has 3 nitrogen and oxygen atoms in total. The number of nitrogens with two attached hydrogens (primary N) is 1. The minimum Gasteiger partial charge on any atom is -0.396 e. The molecule has 0 aliphatic carbocycles. The van der Waals surface area contributed by atoms with Crippen molar-refractivity contribution in [3.8, 4) is 0 Å². The van der Waals surface area contributed by atoms with Gasteiger partial charge < -0.3 is 10.6 Å². The van der Waals surface area contributed by atoms with Crippen molar-refractivity contribution in [1.82, 2.24) is 0 Å². The molecule has 0 spiro atoms. The zero-order chi connectivity index (χ0) is 14.2. The SMILES string of the molecule is CSc1c(N2CCC(C)C(C)C2)sc(C(C)=O)c1N. The molecular weight excluding hydrogens is 276 g/mol. The van der Waals surface area contributed by atoms with Crippen LogP contribution in [0.2, 0.25) is 0 Å². The maximum absolute atomic E-state index is 11.6. The van der Waals surface area contributed by atoms with Crippen molar-refractivity contribution >= 4 is 39.6 Å². The van der Waals surface area contributed by atoms with Gasteiger partial charge in [0.1, 0.15) is 5.00 Å². The molecule has 2 rings (SSSR count). The minimum atomic E-state index is 0.0717. The molecule has 0 radical (unpaired) electrons. The van der Waals surface area contributed by atoms with Gasteiger partial charge in [-0.1, -0.05) is 13.8 Å². The number of carbonyl (C=O) groups is 1. The number of ketones is 1. The Bertz CT molecular complexity index is 484. The molecule has 0 bridgehead atoms. The summed E-state index contributed by atoms with van der Waals surface area (Å²) >= 11 is 3.21. The number of piperidine rings is 1. The van der Waals surface area contributed by atoms with E-state index in [0.717, 1.165) is 23.9 Å². The lowest BCUT2D eigenvalue weighted by Gasteiger charge is -2.36. The van der Waals surface area contributed by atoms with Gasteiger partial charge in [-0.3, -0.25) is 4.79 Å². The number of anilines is 2. The molecule has 0 amide bonds. The lowest BCUT2D eigenvalue weighted by Crippen LogP contribution is -2.38. The zero-order valence-electron chi connectivity index (χ0n) is 12.0. The van der Waals surface area contributed by atoms with Crippen molar-refractivity contribution in [2.75, 3.05) is 30.0 Å². The third kappa shape index (κ3) is 2.77. The molecule has 0 saturated carbocycles. The Morgan fingerprint density at radius 1 is 1.42 bits per heavy atom. The molecule has 1 fully saturated rings. The van der Waals surface area contributed by atoms with Gasteiger partial charge >= 0.3 is 0 Å². The summed E-state index contributed by atoms with van der Waals surface area (Å²) < 4.78 is 0. The summed E-state index contributed by atoms with van der Waals surface area (Å²) in [7, 11) is 0. The van der Waals surface area contributed by atoms with Crippen LogP contribution in [0.5, 0.6) is 0 Å². The highest BCUT2D eigenvalue weighted by atomic mass is 32.2. The van der Waals surface area contributed by atoms with Crippen molar-refractivity contribution in [1.29, 1.82) is 0 Å². The van der Waals surface area contributed by atoms with Gasteiger partial charge in [0.05, 0.1) is 15.5 Å². The Morgan fingerprint density at radius 3 is 2.63 bits per heavy atom. The van der Waals surface area contributed by atoms with Crippen LogP contribution < -0.4 is 10.6 Å². The number of hydrogen-bond donors (Lipinski definition) is 1. The number of nitrogens with zero attached hydrogens (tertiary/aromatic N) is 1. The topological polar surface area (TPSA) is 46.3 Å². The summed E-state index contributed by atoms with van der Waals surface area (Å²) in [4.78, 5) is 15.9. The van der Waals surface area contributed by atoms with Gasteiger partial charge in [-0.25, -0.2) is 0 Å². The summed E-state index contributed by atoms with van der Waals surface area (Å²) in [5.41, 5.74) is 6.80. The Labute approximate surface area is 123 Å². The molecule has 2 unspecified atom stereocenters. The first-order chi connectivity index (χ1) is 8.95. The summed E-state index contributed by atoms with van der Waals surface area (Å²) in [6.07, 6.45) is 3.24. The van der Waals surface area contributed by atoms with Gasteiger partial charge in [0, 0.05) is 20.0 Å². The maximum Gasteiger partial charge on any atom is 0.171 e. The minimum absolute atomic E-state index is 0.0717. The van der Waals surface area contributed by atoms with Crippen LogP contribution in [-0.2, 0) is 0 Å². The van der Waals surface area contributed by atoms with E-state index in [0.29, 0.717) is 16.5 Å². The third-order valence-electron chi connectivity index (χ3n) is 4.03. The molecule has 0 aromatic carbocycles. The highest BCUT2D eigenvalue weighted by Gasteiger charge is 2.28. The second-order valence-electron chi connectivity index (χ2n) is 5.43. The summed E-state index contributed by atoms with van der Waals surface area (Å²) in [6.45, 7) is 8.35. The van der Waals surface area contributed by atoms with E-state index in [4.69, 9.17) is 5.73 Å². The first-order valence-electron chi connectivity index (χ1n) is 6.67. The van der Waals surface area contributed by atoms with E-state index in [-0.39, 0.29) is 5.78 Å². The zero-order valence-corrected chi connectivity index (χ0v) is 13.7. The van der Waals surface area contributed by atoms with Crippen LogP contribution in [-0.4, -0.2) is 25.1 Å². The predicted molar refractivity (Wildman–Crippen MR) is 85.7 cm³/mol. The standard InChI is InChI=1S/C14H22N2OS2/c1-8-5-6-16(7-9(8)2)14-13(18-4)11(15)12(19-14)10(3)17/h8-9H,5-7,15H2,1-4H3. The average Bonchev–Trinajstić information content (AvgIpc) is 2.70. The van der Waals surface area contributed by atoms with Crippen molar-refractivity contribution in [2.45, 2.75) is 32.1 Å². The van der Waals surface area contributed by atoms with E-state index in [1.54, 1.807) is 30.0 Å². The Morgan fingerprint density at radius 2 is 2.11 bits per heavy atom. The highest BCUT2D eigenvalue weighted by molar-refractivity contribution is 7.99. The first kappa shape index (κ1) is 14.7. The molecule has 5 heteroatoms. The van der Waals surface area contributed by atoms with Crippen LogP contribution in [0.1, 0.15) is 36.9 Å². The molecule has 1 aliphatic rings. The van der Waals surface area contributed by atoms with Gasteiger partial charge in [0.25, 0.3) is 0 Å². The molecule has 106 valence electrons. The fraction of sp³-hybridized carbons (Fsp3) is 0.643. The van der Waals surface area contributed by atoms with Crippen LogP contribution >= 0.6 is 23.1 Å². The smallest absolute Gasteiger partial charge is 0.171 e. The molecule has 1 aliphatic heterocycles. The highest BCUT2D eigenvalue weighted by Crippen LogP contribution is 2.45. The van der Waals surface area contributed by atoms with E-state index in [2.05, 4.69) is 18.7 Å². The van der Waals surface area contributed by atoms with Gasteiger partial charge in [0.15, 0.2) is 5.78 Å². The Hall–Kier alpha value is -0.680. The molecule has 2 atom stereocenters. The fourth-order valence-corrected chi connectivity index (χ4v) is 4.64. The summed E-state index contributed by atoms with van der Waals surface area (Å²) in [5.74, 6) is 1.54. The van der Waals surface area contributed by atoms with Crippen molar-refractivity contribution in [2.24, 2.45) is 11.8 Å². The monoisotopic (exact) mass is 298 g/mol. The van der Waals surface area contributed by atoms with E-state index in [1.807, 2.05) is 6.26 Å². The van der Waals surface area contributed by atoms with Crippen LogP contribution in [0.15, 0.2) is 4.90 Å². The van der Waals surface area contributed by atoms with E-state index in [9.17, 15) is 4.79 Å². The van der Waals surface area contributed by atoms with Crippen LogP contribution in [0.25, 0.3) is 0 Å². The normalized spacial score (nSPS) is 23.7. The number of thioether (sulfide) groups is 1. The maximum atomic E-state index is 11.6. The molecule has 1 saturated heterocycles. The fourth-order valence-electron chi connectivity index (χ4n) is 2.53. The summed E-state index contributed by atoms with van der Waals surface area (Å²) in [6, 6.07) is 0. The Balaban J connectivity index is 2.34. The Kier molecular flexibility index (Phi) is 4.46. The predicted octanol–water partition coefficient (Wildman–Crippen LogP) is 3.74. The largest absolute Gasteiger partial charge is 0.396 e. The van der Waals surface area contributed by atoms with Crippen LogP contribution in [0.3, 0.4) is 0 Å². The van der Waals surface area contributed by atoms with Gasteiger partial charge in [-0.05, 0) is 24.5 Å². The van der Waals surface area contributed by atoms with Gasteiger partial charge in [0.2, 0.25) is 0 Å². The van der Waals surface area contributed by atoms with Crippen molar-refractivity contribution in [3.63, 3.8) is 0 Å². The second-order valence-corrected chi connectivity index (χ2v) is 7.24. The average molecular weight is 298 g/mol. The van der Waals surface area contributed by atoms with Gasteiger partial charge in [-0.2, -0.15) is 0 Å². The summed E-state index contributed by atoms with van der Waals surface area (Å²) in [5, 5.41) is 1.19. The number of Topliss-reactive ketones (excluding diaryl/α,β-unsaturated/α-hetero) is 1. The third-order valence-corrected chi connectivity index (χ3v) is 6.35. The molecule has 19 heavy (non-hydrogen) atoms. The molecule has 1 aromatic heterocycles. The number of thiophene rings is 1. The number of nitrogen functional groups attached to an aromatic ring is 1. The van der Waals surface area contributed by atoms with E-state index < -0.39 is 0 Å². The van der Waals surface area contributed by atoms with Crippen LogP contribution in [0.4, 0.5) is 10.7 Å². The quantitative estimate of drug-likeness (QED) is 0.682. The van der Waals surface area contributed by atoms with Gasteiger partial charge in [-0.15, -0.1) is 23.1 Å². The number of hydrogen-bond acceptors (Lipinski definition) is 5. The lowest BCUT2D eigenvalue weighted by atomic mass is 9.89. The van der Waals surface area contributed by atoms with E-state index in [1.165, 1.54) is 11.4 Å².